The number of rotatable bonds is 4. The molecule has 2 nitrogen and oxygen atoms in total. The van der Waals surface area contributed by atoms with E-state index in [2.05, 4.69) is 31.9 Å². The maximum absolute atomic E-state index is 12.8. The number of aldehydes is 1. The Balaban J connectivity index is 2.19. The zero-order valence-corrected chi connectivity index (χ0v) is 12.9. The molecular formula is C14H9Br2FO2. The Kier molecular flexibility index (Phi) is 4.71. The van der Waals surface area contributed by atoms with Gasteiger partial charge in [0.25, 0.3) is 0 Å². The van der Waals surface area contributed by atoms with Gasteiger partial charge in [-0.15, -0.1) is 0 Å². The van der Waals surface area contributed by atoms with Crippen LogP contribution in [-0.4, -0.2) is 6.29 Å². The number of ether oxygens (including phenoxy) is 1. The average Bonchev–Trinajstić information content (AvgIpc) is 2.39. The van der Waals surface area contributed by atoms with Crippen molar-refractivity contribution in [2.24, 2.45) is 0 Å². The lowest BCUT2D eigenvalue weighted by atomic mass is 10.2. The van der Waals surface area contributed by atoms with Gasteiger partial charge in [0.1, 0.15) is 18.2 Å². The summed E-state index contributed by atoms with van der Waals surface area (Å²) in [6, 6.07) is 9.50. The van der Waals surface area contributed by atoms with Crippen LogP contribution < -0.4 is 4.74 Å². The maximum Gasteiger partial charge on any atom is 0.153 e. The molecule has 2 aromatic carbocycles. The Morgan fingerprint density at radius 2 is 1.84 bits per heavy atom. The van der Waals surface area contributed by atoms with Crippen molar-refractivity contribution in [3.63, 3.8) is 0 Å². The van der Waals surface area contributed by atoms with Crippen molar-refractivity contribution in [2.75, 3.05) is 0 Å². The Hall–Kier alpha value is -1.20. The molecule has 5 heteroatoms. The van der Waals surface area contributed by atoms with E-state index in [-0.39, 0.29) is 12.4 Å². The van der Waals surface area contributed by atoms with Gasteiger partial charge < -0.3 is 4.74 Å². The molecule has 0 aliphatic heterocycles. The van der Waals surface area contributed by atoms with Gasteiger partial charge in [0.2, 0.25) is 0 Å². The van der Waals surface area contributed by atoms with E-state index in [1.54, 1.807) is 24.3 Å². The number of hydrogen-bond acceptors (Lipinski definition) is 2. The van der Waals surface area contributed by atoms with Crippen LogP contribution in [0.25, 0.3) is 0 Å². The van der Waals surface area contributed by atoms with Crippen LogP contribution in [0.1, 0.15) is 15.9 Å². The van der Waals surface area contributed by atoms with Crippen molar-refractivity contribution in [2.45, 2.75) is 6.61 Å². The predicted octanol–water partition coefficient (Wildman–Crippen LogP) is 4.74. The predicted molar refractivity (Wildman–Crippen MR) is 78.0 cm³/mol. The van der Waals surface area contributed by atoms with Gasteiger partial charge in [-0.25, -0.2) is 4.39 Å². The van der Waals surface area contributed by atoms with Gasteiger partial charge >= 0.3 is 0 Å². The van der Waals surface area contributed by atoms with E-state index in [4.69, 9.17) is 4.74 Å². The number of carbonyl (C=O) groups excluding carboxylic acids is 1. The highest BCUT2D eigenvalue weighted by Gasteiger charge is 2.10. The van der Waals surface area contributed by atoms with Crippen LogP contribution in [0, 0.1) is 5.82 Å². The van der Waals surface area contributed by atoms with Crippen LogP contribution in [0.2, 0.25) is 0 Å². The highest BCUT2D eigenvalue weighted by atomic mass is 79.9. The fourth-order valence-electron chi connectivity index (χ4n) is 1.56. The van der Waals surface area contributed by atoms with E-state index < -0.39 is 0 Å². The van der Waals surface area contributed by atoms with Crippen LogP contribution in [0.3, 0.4) is 0 Å². The standard InChI is InChI=1S/C14H9Br2FO2/c15-11-5-10(7-18)14(13(16)6-11)19-8-9-1-3-12(17)4-2-9/h1-7H,8H2. The van der Waals surface area contributed by atoms with Crippen molar-refractivity contribution in [1.29, 1.82) is 0 Å². The van der Waals surface area contributed by atoms with Crippen LogP contribution in [0.4, 0.5) is 4.39 Å². The summed E-state index contributed by atoms with van der Waals surface area (Å²) in [7, 11) is 0. The summed E-state index contributed by atoms with van der Waals surface area (Å²) in [5.74, 6) is 0.185. The van der Waals surface area contributed by atoms with Crippen molar-refractivity contribution >= 4 is 38.1 Å². The molecular weight excluding hydrogens is 379 g/mol. The number of hydrogen-bond donors (Lipinski definition) is 0. The second-order valence-electron chi connectivity index (χ2n) is 3.84. The molecule has 2 rings (SSSR count). The topological polar surface area (TPSA) is 26.3 Å². The molecule has 0 aliphatic rings. The monoisotopic (exact) mass is 386 g/mol. The molecule has 0 N–H and O–H groups in total. The molecule has 0 radical (unpaired) electrons. The highest BCUT2D eigenvalue weighted by Crippen LogP contribution is 2.32. The molecule has 19 heavy (non-hydrogen) atoms. The Morgan fingerprint density at radius 3 is 2.47 bits per heavy atom. The lowest BCUT2D eigenvalue weighted by molar-refractivity contribution is 0.111. The van der Waals surface area contributed by atoms with Gasteiger partial charge in [0.05, 0.1) is 10.0 Å². The summed E-state index contributed by atoms with van der Waals surface area (Å²) in [5, 5.41) is 0. The number of halogens is 3. The van der Waals surface area contributed by atoms with Gasteiger partial charge in [-0.05, 0) is 45.8 Å². The molecule has 0 spiro atoms. The van der Waals surface area contributed by atoms with Gasteiger partial charge in [0, 0.05) is 4.47 Å². The number of benzene rings is 2. The molecule has 0 atom stereocenters. The molecule has 0 heterocycles. The number of carbonyl (C=O) groups is 1. The Bertz CT molecular complexity index is 597. The second kappa shape index (κ2) is 6.30. The van der Waals surface area contributed by atoms with E-state index in [0.29, 0.717) is 15.8 Å². The van der Waals surface area contributed by atoms with E-state index in [1.165, 1.54) is 12.1 Å². The third kappa shape index (κ3) is 3.64. The molecule has 0 saturated heterocycles. The SMILES string of the molecule is O=Cc1cc(Br)cc(Br)c1OCc1ccc(F)cc1. The quantitative estimate of drug-likeness (QED) is 0.708. The van der Waals surface area contributed by atoms with Gasteiger partial charge in [-0.3, -0.25) is 4.79 Å². The van der Waals surface area contributed by atoms with Crippen LogP contribution in [-0.2, 0) is 6.61 Å². The van der Waals surface area contributed by atoms with E-state index in [0.717, 1.165) is 16.3 Å². The van der Waals surface area contributed by atoms with E-state index in [9.17, 15) is 9.18 Å². The van der Waals surface area contributed by atoms with Crippen molar-refractivity contribution in [1.82, 2.24) is 0 Å². The van der Waals surface area contributed by atoms with Crippen LogP contribution in [0.5, 0.6) is 5.75 Å². The summed E-state index contributed by atoms with van der Waals surface area (Å²) in [6.07, 6.45) is 0.732. The third-order valence-corrected chi connectivity index (χ3v) is 3.51. The molecule has 0 fully saturated rings. The minimum Gasteiger partial charge on any atom is -0.487 e. The van der Waals surface area contributed by atoms with E-state index in [1.807, 2.05) is 0 Å². The molecule has 0 saturated carbocycles. The zero-order chi connectivity index (χ0) is 13.8. The molecule has 0 aromatic heterocycles. The van der Waals surface area contributed by atoms with Gasteiger partial charge in [-0.2, -0.15) is 0 Å². The molecule has 0 aliphatic carbocycles. The lowest BCUT2D eigenvalue weighted by Crippen LogP contribution is -1.99. The fourth-order valence-corrected chi connectivity index (χ4v) is 2.93. The normalized spacial score (nSPS) is 10.3. The largest absolute Gasteiger partial charge is 0.487 e. The summed E-state index contributed by atoms with van der Waals surface area (Å²) in [4.78, 5) is 11.0. The van der Waals surface area contributed by atoms with Crippen molar-refractivity contribution in [3.8, 4) is 5.75 Å². The summed E-state index contributed by atoms with van der Waals surface area (Å²) in [5.41, 5.74) is 1.27. The first-order valence-electron chi connectivity index (χ1n) is 5.41. The van der Waals surface area contributed by atoms with Crippen molar-refractivity contribution in [3.05, 3.63) is 62.3 Å². The first kappa shape index (κ1) is 14.2. The first-order valence-corrected chi connectivity index (χ1v) is 7.00. The van der Waals surface area contributed by atoms with Gasteiger partial charge in [-0.1, -0.05) is 28.1 Å². The Labute approximate surface area is 126 Å². The summed E-state index contributed by atoms with van der Waals surface area (Å²) < 4.78 is 19.9. The smallest absolute Gasteiger partial charge is 0.153 e. The fraction of sp³-hybridized carbons (Fsp3) is 0.0714. The van der Waals surface area contributed by atoms with Crippen molar-refractivity contribution < 1.29 is 13.9 Å². The maximum atomic E-state index is 12.8. The first-order chi connectivity index (χ1) is 9.10. The molecule has 0 amide bonds. The van der Waals surface area contributed by atoms with E-state index >= 15 is 0 Å². The zero-order valence-electron chi connectivity index (χ0n) is 9.70. The minimum atomic E-state index is -0.290. The summed E-state index contributed by atoms with van der Waals surface area (Å²) >= 11 is 6.66. The average molecular weight is 388 g/mol. The summed E-state index contributed by atoms with van der Waals surface area (Å²) in [6.45, 7) is 0.265. The molecule has 98 valence electrons. The minimum absolute atomic E-state index is 0.265. The molecule has 0 unspecified atom stereocenters. The molecule has 0 bridgehead atoms. The molecule has 2 aromatic rings. The second-order valence-corrected chi connectivity index (χ2v) is 5.61. The van der Waals surface area contributed by atoms with Crippen LogP contribution >= 0.6 is 31.9 Å². The highest BCUT2D eigenvalue weighted by molar-refractivity contribution is 9.11. The third-order valence-electron chi connectivity index (χ3n) is 2.46. The Morgan fingerprint density at radius 1 is 1.16 bits per heavy atom. The lowest BCUT2D eigenvalue weighted by Gasteiger charge is -2.11. The van der Waals surface area contributed by atoms with Crippen LogP contribution in [0.15, 0.2) is 45.3 Å². The van der Waals surface area contributed by atoms with Gasteiger partial charge in [0.15, 0.2) is 6.29 Å².